The third-order valence-corrected chi connectivity index (χ3v) is 8.05. The van der Waals surface area contributed by atoms with Gasteiger partial charge in [-0.2, -0.15) is 0 Å². The first-order valence-corrected chi connectivity index (χ1v) is 13.6. The molecule has 4 rings (SSSR count). The summed E-state index contributed by atoms with van der Waals surface area (Å²) in [6.45, 7) is 8.81. The molecule has 1 aromatic carbocycles. The molecule has 1 amide bonds. The van der Waals surface area contributed by atoms with Crippen molar-refractivity contribution in [1.29, 1.82) is 0 Å². The number of benzene rings is 1. The molecule has 34 heavy (non-hydrogen) atoms. The molecule has 1 aromatic heterocycles. The number of hydrogen-bond acceptors (Lipinski definition) is 6. The van der Waals surface area contributed by atoms with E-state index in [0.717, 1.165) is 48.3 Å². The SMILES string of the molecule is COc1cccc(NCc2nnc(SC(C)C(=O)N3CC(C)CC(C)C3)n2C2CCCCC2)c1. The van der Waals surface area contributed by atoms with Gasteiger partial charge in [0.2, 0.25) is 5.91 Å². The maximum absolute atomic E-state index is 13.3. The van der Waals surface area contributed by atoms with Gasteiger partial charge < -0.3 is 19.5 Å². The summed E-state index contributed by atoms with van der Waals surface area (Å²) in [5.74, 6) is 3.09. The molecule has 7 nitrogen and oxygen atoms in total. The van der Waals surface area contributed by atoms with E-state index in [1.165, 1.54) is 25.7 Å². The molecular formula is C26H39N5O2S. The Hall–Kier alpha value is -2.22. The minimum atomic E-state index is -0.178. The van der Waals surface area contributed by atoms with Crippen molar-refractivity contribution in [2.45, 2.75) is 82.3 Å². The first-order valence-electron chi connectivity index (χ1n) is 12.7. The number of rotatable bonds is 8. The number of aromatic nitrogens is 3. The Labute approximate surface area is 208 Å². The fourth-order valence-electron chi connectivity index (χ4n) is 5.44. The normalized spacial score (nSPS) is 22.4. The highest BCUT2D eigenvalue weighted by Gasteiger charge is 2.31. The van der Waals surface area contributed by atoms with Crippen molar-refractivity contribution in [1.82, 2.24) is 19.7 Å². The van der Waals surface area contributed by atoms with E-state index in [4.69, 9.17) is 4.74 Å². The fourth-order valence-corrected chi connectivity index (χ4v) is 6.46. The summed E-state index contributed by atoms with van der Waals surface area (Å²) < 4.78 is 7.65. The predicted molar refractivity (Wildman–Crippen MR) is 137 cm³/mol. The molecule has 3 atom stereocenters. The van der Waals surface area contributed by atoms with Crippen molar-refractivity contribution in [3.8, 4) is 5.75 Å². The molecule has 186 valence electrons. The van der Waals surface area contributed by atoms with Crippen LogP contribution in [-0.4, -0.2) is 51.0 Å². The lowest BCUT2D eigenvalue weighted by atomic mass is 9.92. The Morgan fingerprint density at radius 3 is 2.62 bits per heavy atom. The van der Waals surface area contributed by atoms with Crippen LogP contribution in [0.2, 0.25) is 0 Å². The molecule has 1 aliphatic carbocycles. The van der Waals surface area contributed by atoms with Crippen LogP contribution in [-0.2, 0) is 11.3 Å². The minimum Gasteiger partial charge on any atom is -0.497 e. The molecule has 1 N–H and O–H groups in total. The number of methoxy groups -OCH3 is 1. The van der Waals surface area contributed by atoms with Crippen LogP contribution in [0.25, 0.3) is 0 Å². The molecule has 0 radical (unpaired) electrons. The van der Waals surface area contributed by atoms with E-state index < -0.39 is 0 Å². The van der Waals surface area contributed by atoms with Gasteiger partial charge in [-0.25, -0.2) is 0 Å². The maximum Gasteiger partial charge on any atom is 0.235 e. The lowest BCUT2D eigenvalue weighted by Gasteiger charge is -2.36. The van der Waals surface area contributed by atoms with Crippen LogP contribution in [0.5, 0.6) is 5.75 Å². The molecule has 2 aliphatic rings. The molecule has 1 saturated carbocycles. The monoisotopic (exact) mass is 485 g/mol. The van der Waals surface area contributed by atoms with Crippen LogP contribution in [0.4, 0.5) is 5.69 Å². The van der Waals surface area contributed by atoms with E-state index in [-0.39, 0.29) is 11.2 Å². The average Bonchev–Trinajstić information content (AvgIpc) is 3.24. The van der Waals surface area contributed by atoms with Crippen molar-refractivity contribution in [2.24, 2.45) is 11.8 Å². The number of likely N-dealkylation sites (tertiary alicyclic amines) is 1. The zero-order chi connectivity index (χ0) is 24.1. The van der Waals surface area contributed by atoms with Gasteiger partial charge in [-0.1, -0.05) is 50.9 Å². The number of piperidine rings is 1. The standard InChI is InChI=1S/C26H39N5O2S/c1-18-13-19(2)17-30(16-18)25(32)20(3)34-26-29-28-24(31(26)22-10-6-5-7-11-22)15-27-21-9-8-12-23(14-21)33-4/h8-9,12,14,18-20,22,27H,5-7,10-11,13,15-17H2,1-4H3. The van der Waals surface area contributed by atoms with Gasteiger partial charge in [0.05, 0.1) is 18.9 Å². The van der Waals surface area contributed by atoms with E-state index in [9.17, 15) is 4.79 Å². The van der Waals surface area contributed by atoms with Crippen LogP contribution in [0.1, 0.15) is 71.2 Å². The van der Waals surface area contributed by atoms with E-state index in [2.05, 4.69) is 38.8 Å². The predicted octanol–water partition coefficient (Wildman–Crippen LogP) is 5.39. The Kier molecular flexibility index (Phi) is 8.40. The average molecular weight is 486 g/mol. The van der Waals surface area contributed by atoms with Crippen molar-refractivity contribution >= 4 is 23.4 Å². The second kappa shape index (κ2) is 11.5. The summed E-state index contributed by atoms with van der Waals surface area (Å²) in [4.78, 5) is 15.3. The van der Waals surface area contributed by atoms with E-state index in [1.54, 1.807) is 18.9 Å². The molecule has 3 unspecified atom stereocenters. The van der Waals surface area contributed by atoms with E-state index in [1.807, 2.05) is 31.2 Å². The van der Waals surface area contributed by atoms with Crippen LogP contribution >= 0.6 is 11.8 Å². The molecule has 8 heteroatoms. The van der Waals surface area contributed by atoms with Gasteiger partial charge in [0.1, 0.15) is 5.75 Å². The third-order valence-electron chi connectivity index (χ3n) is 7.01. The number of carbonyl (C=O) groups excluding carboxylic acids is 1. The second-order valence-electron chi connectivity index (χ2n) is 10.1. The first-order chi connectivity index (χ1) is 16.4. The molecule has 2 heterocycles. The van der Waals surface area contributed by atoms with E-state index in [0.29, 0.717) is 24.4 Å². The van der Waals surface area contributed by atoms with Gasteiger partial charge in [0, 0.05) is 30.9 Å². The molecule has 1 saturated heterocycles. The van der Waals surface area contributed by atoms with Gasteiger partial charge in [0.25, 0.3) is 0 Å². The van der Waals surface area contributed by atoms with E-state index >= 15 is 0 Å². The third kappa shape index (κ3) is 6.06. The summed E-state index contributed by atoms with van der Waals surface area (Å²) in [5.41, 5.74) is 0.989. The highest BCUT2D eigenvalue weighted by atomic mass is 32.2. The lowest BCUT2D eigenvalue weighted by molar-refractivity contribution is -0.132. The van der Waals surface area contributed by atoms with Gasteiger partial charge in [0.15, 0.2) is 11.0 Å². The van der Waals surface area contributed by atoms with Crippen LogP contribution in [0, 0.1) is 11.8 Å². The number of ether oxygens (including phenoxy) is 1. The van der Waals surface area contributed by atoms with Crippen LogP contribution in [0.3, 0.4) is 0 Å². The van der Waals surface area contributed by atoms with Gasteiger partial charge in [-0.05, 0) is 50.2 Å². The molecule has 2 fully saturated rings. The summed E-state index contributed by atoms with van der Waals surface area (Å²) >= 11 is 1.57. The Balaban J connectivity index is 1.49. The summed E-state index contributed by atoms with van der Waals surface area (Å²) in [5, 5.41) is 13.3. The number of nitrogens with zero attached hydrogens (tertiary/aromatic N) is 4. The molecular weight excluding hydrogens is 446 g/mol. The second-order valence-corrected chi connectivity index (χ2v) is 11.4. The van der Waals surface area contributed by atoms with Gasteiger partial charge in [-0.15, -0.1) is 10.2 Å². The summed E-state index contributed by atoms with van der Waals surface area (Å²) in [7, 11) is 1.68. The number of nitrogens with one attached hydrogen (secondary N) is 1. The Morgan fingerprint density at radius 1 is 1.18 bits per heavy atom. The highest BCUT2D eigenvalue weighted by molar-refractivity contribution is 8.00. The number of thioether (sulfide) groups is 1. The Morgan fingerprint density at radius 2 is 1.91 bits per heavy atom. The lowest BCUT2D eigenvalue weighted by Crippen LogP contribution is -2.45. The number of anilines is 1. The van der Waals surface area contributed by atoms with Gasteiger partial charge >= 0.3 is 0 Å². The fraction of sp³-hybridized carbons (Fsp3) is 0.654. The zero-order valence-electron chi connectivity index (χ0n) is 21.0. The largest absolute Gasteiger partial charge is 0.497 e. The molecule has 0 bridgehead atoms. The first kappa shape index (κ1) is 24.9. The van der Waals surface area contributed by atoms with Crippen molar-refractivity contribution < 1.29 is 9.53 Å². The van der Waals surface area contributed by atoms with Crippen molar-refractivity contribution in [2.75, 3.05) is 25.5 Å². The summed E-state index contributed by atoms with van der Waals surface area (Å²) in [6, 6.07) is 8.32. The summed E-state index contributed by atoms with van der Waals surface area (Å²) in [6.07, 6.45) is 7.23. The van der Waals surface area contributed by atoms with Crippen molar-refractivity contribution in [3.63, 3.8) is 0 Å². The molecule has 0 spiro atoms. The quantitative estimate of drug-likeness (QED) is 0.506. The Bertz CT molecular complexity index is 948. The topological polar surface area (TPSA) is 72.3 Å². The minimum absolute atomic E-state index is 0.178. The number of carbonyl (C=O) groups is 1. The molecule has 2 aromatic rings. The number of amides is 1. The van der Waals surface area contributed by atoms with Crippen molar-refractivity contribution in [3.05, 3.63) is 30.1 Å². The van der Waals surface area contributed by atoms with Crippen LogP contribution in [0.15, 0.2) is 29.4 Å². The zero-order valence-corrected chi connectivity index (χ0v) is 21.8. The van der Waals surface area contributed by atoms with Gasteiger partial charge in [-0.3, -0.25) is 4.79 Å². The van der Waals surface area contributed by atoms with Crippen LogP contribution < -0.4 is 10.1 Å². The molecule has 1 aliphatic heterocycles. The smallest absolute Gasteiger partial charge is 0.235 e. The number of hydrogen-bond donors (Lipinski definition) is 1. The highest BCUT2D eigenvalue weighted by Crippen LogP contribution is 2.35. The maximum atomic E-state index is 13.3.